The van der Waals surface area contributed by atoms with Gasteiger partial charge in [-0.2, -0.15) is 0 Å². The minimum absolute atomic E-state index is 0.0258. The Labute approximate surface area is 134 Å². The van der Waals surface area contributed by atoms with Gasteiger partial charge in [0.2, 0.25) is 0 Å². The number of piperidine rings is 1. The number of Topliss-reactive ketones (excluding diaryl/α,β-unsaturated/α-hetero) is 1. The van der Waals surface area contributed by atoms with Crippen molar-refractivity contribution in [1.29, 1.82) is 0 Å². The molecule has 1 saturated carbocycles. The molecule has 0 amide bonds. The van der Waals surface area contributed by atoms with Gasteiger partial charge in [-0.05, 0) is 50.3 Å². The quantitative estimate of drug-likeness (QED) is 0.794. The molecule has 0 aromatic heterocycles. The first kappa shape index (κ1) is 10.3. The lowest BCUT2D eigenvalue weighted by Gasteiger charge is -2.57. The standard InChI is InChI=1S/C18H21NO3/c1-19-8-7-18-11-4-5-13(20)17(18)22-16-14(21-2)6-3-10(15(16)18)9-12(11)19/h3,6,11-12,17H,4-5,7-9H2,1-2H3/t11-,12+,17?,18-/m0/s1/i9D2,11D. The third-order valence-corrected chi connectivity index (χ3v) is 5.90. The Morgan fingerprint density at radius 3 is 3.23 bits per heavy atom. The van der Waals surface area contributed by atoms with Crippen molar-refractivity contribution in [3.63, 3.8) is 0 Å². The van der Waals surface area contributed by atoms with E-state index in [4.69, 9.17) is 12.2 Å². The number of carbonyl (C=O) groups excluding carboxylic acids is 1. The summed E-state index contributed by atoms with van der Waals surface area (Å²) in [6.07, 6.45) is -1.12. The van der Waals surface area contributed by atoms with Gasteiger partial charge in [0.15, 0.2) is 23.4 Å². The summed E-state index contributed by atoms with van der Waals surface area (Å²) in [5.41, 5.74) is 0.499. The fourth-order valence-electron chi connectivity index (χ4n) is 4.93. The molecule has 22 heavy (non-hydrogen) atoms. The highest BCUT2D eigenvalue weighted by Gasteiger charge is 2.65. The zero-order valence-electron chi connectivity index (χ0n) is 15.8. The summed E-state index contributed by atoms with van der Waals surface area (Å²) in [6.45, 7) is 0.647. The summed E-state index contributed by atoms with van der Waals surface area (Å²) >= 11 is 0. The SMILES string of the molecule is [2H]C1([2H])c2ccc(OC)c3c2[C@]24CCN(C)[C@H]1[C@]2([2H])CCC(=O)C4O3. The normalized spacial score (nSPS) is 46.1. The molecule has 0 radical (unpaired) electrons. The third kappa shape index (κ3) is 1.27. The molecular weight excluding hydrogens is 278 g/mol. The number of benzene rings is 1. The molecule has 2 heterocycles. The Hall–Kier alpha value is -1.55. The molecule has 0 N–H and O–H groups in total. The lowest BCUT2D eigenvalue weighted by molar-refractivity contribution is -0.138. The van der Waals surface area contributed by atoms with Crippen LogP contribution in [0.5, 0.6) is 11.5 Å². The number of carbonyl (C=O) groups is 1. The minimum Gasteiger partial charge on any atom is -0.493 e. The molecule has 2 aliphatic heterocycles. The lowest BCUT2D eigenvalue weighted by atomic mass is 9.52. The predicted molar refractivity (Wildman–Crippen MR) is 81.6 cm³/mol. The first-order valence-corrected chi connectivity index (χ1v) is 7.90. The van der Waals surface area contributed by atoms with Crippen molar-refractivity contribution in [3.8, 4) is 11.5 Å². The first-order chi connectivity index (χ1) is 11.8. The second-order valence-electron chi connectivity index (χ2n) is 6.76. The maximum absolute atomic E-state index is 12.7. The fraction of sp³-hybridized carbons (Fsp3) is 0.611. The van der Waals surface area contributed by atoms with Crippen LogP contribution in [0.1, 0.15) is 34.5 Å². The monoisotopic (exact) mass is 302 g/mol. The van der Waals surface area contributed by atoms with Crippen LogP contribution in [-0.2, 0) is 16.6 Å². The van der Waals surface area contributed by atoms with Gasteiger partial charge in [-0.1, -0.05) is 6.07 Å². The number of likely N-dealkylation sites (tertiary alicyclic amines) is 1. The molecule has 5 rings (SSSR count). The molecule has 4 nitrogen and oxygen atoms in total. The number of ketones is 1. The van der Waals surface area contributed by atoms with E-state index in [1.54, 1.807) is 19.2 Å². The van der Waals surface area contributed by atoms with E-state index in [-0.39, 0.29) is 12.2 Å². The van der Waals surface area contributed by atoms with Crippen LogP contribution in [0.3, 0.4) is 0 Å². The van der Waals surface area contributed by atoms with Crippen molar-refractivity contribution in [2.45, 2.75) is 43.2 Å². The van der Waals surface area contributed by atoms with Gasteiger partial charge in [0.25, 0.3) is 0 Å². The van der Waals surface area contributed by atoms with Gasteiger partial charge in [-0.3, -0.25) is 4.79 Å². The topological polar surface area (TPSA) is 38.8 Å². The lowest BCUT2D eigenvalue weighted by Crippen LogP contribution is -2.65. The Kier molecular flexibility index (Phi) is 1.89. The van der Waals surface area contributed by atoms with E-state index >= 15 is 0 Å². The summed E-state index contributed by atoms with van der Waals surface area (Å²) in [7, 11) is 3.44. The number of methoxy groups -OCH3 is 1. The average Bonchev–Trinajstić information content (AvgIpc) is 2.91. The van der Waals surface area contributed by atoms with Gasteiger partial charge in [0.1, 0.15) is 0 Å². The van der Waals surface area contributed by atoms with Crippen molar-refractivity contribution in [3.05, 3.63) is 23.3 Å². The van der Waals surface area contributed by atoms with Crippen molar-refractivity contribution >= 4 is 5.78 Å². The largest absolute Gasteiger partial charge is 0.493 e. The van der Waals surface area contributed by atoms with Crippen LogP contribution in [0.25, 0.3) is 0 Å². The van der Waals surface area contributed by atoms with Gasteiger partial charge >= 0.3 is 0 Å². The summed E-state index contributed by atoms with van der Waals surface area (Å²) in [5.74, 6) is -0.0698. The molecule has 1 unspecified atom stereocenters. The molecule has 2 bridgehead atoms. The zero-order valence-corrected chi connectivity index (χ0v) is 12.8. The summed E-state index contributed by atoms with van der Waals surface area (Å²) in [6, 6.07) is 2.88. The van der Waals surface area contributed by atoms with Gasteiger partial charge in [-0.25, -0.2) is 0 Å². The minimum atomic E-state index is -1.69. The van der Waals surface area contributed by atoms with E-state index in [0.717, 1.165) is 0 Å². The predicted octanol–water partition coefficient (Wildman–Crippen LogP) is 1.93. The Morgan fingerprint density at radius 1 is 1.55 bits per heavy atom. The molecule has 4 aliphatic rings. The number of hydrogen-bond acceptors (Lipinski definition) is 4. The van der Waals surface area contributed by atoms with E-state index in [9.17, 15) is 6.17 Å². The third-order valence-electron chi connectivity index (χ3n) is 5.90. The van der Waals surface area contributed by atoms with Gasteiger partial charge in [-0.15, -0.1) is 0 Å². The average molecular weight is 302 g/mol. The van der Waals surface area contributed by atoms with E-state index in [2.05, 4.69) is 0 Å². The van der Waals surface area contributed by atoms with E-state index in [1.165, 1.54) is 0 Å². The van der Waals surface area contributed by atoms with Crippen molar-refractivity contribution in [2.24, 2.45) is 5.89 Å². The van der Waals surface area contributed by atoms with Crippen LogP contribution < -0.4 is 9.47 Å². The van der Waals surface area contributed by atoms with Crippen LogP contribution in [0.15, 0.2) is 12.1 Å². The number of ether oxygens (including phenoxy) is 2. The highest BCUT2D eigenvalue weighted by atomic mass is 16.5. The van der Waals surface area contributed by atoms with E-state index < -0.39 is 29.8 Å². The smallest absolute Gasteiger partial charge is 0.174 e. The van der Waals surface area contributed by atoms with Crippen molar-refractivity contribution < 1.29 is 18.4 Å². The van der Waals surface area contributed by atoms with Crippen LogP contribution >= 0.6 is 0 Å². The summed E-state index contributed by atoms with van der Waals surface area (Å²) in [5, 5.41) is 0. The molecule has 2 fully saturated rings. The van der Waals surface area contributed by atoms with Crippen LogP contribution in [-0.4, -0.2) is 43.5 Å². The second kappa shape index (κ2) is 4.05. The van der Waals surface area contributed by atoms with E-state index in [0.29, 0.717) is 42.0 Å². The molecule has 4 atom stereocenters. The molecule has 1 spiro atoms. The number of nitrogens with zero attached hydrogens (tertiary/aromatic N) is 1. The molecule has 1 aromatic rings. The van der Waals surface area contributed by atoms with Gasteiger partial charge in [0, 0.05) is 27.6 Å². The number of likely N-dealkylation sites (N-methyl/N-ethyl adjacent to an activating group) is 1. The molecule has 4 heteroatoms. The first-order valence-electron chi connectivity index (χ1n) is 9.40. The fourth-order valence-corrected chi connectivity index (χ4v) is 4.93. The van der Waals surface area contributed by atoms with Crippen molar-refractivity contribution in [1.82, 2.24) is 4.90 Å². The Balaban J connectivity index is 1.92. The maximum Gasteiger partial charge on any atom is 0.174 e. The van der Waals surface area contributed by atoms with Crippen LogP contribution in [0, 0.1) is 5.89 Å². The molecule has 116 valence electrons. The van der Waals surface area contributed by atoms with Gasteiger partial charge in [0.05, 0.1) is 7.11 Å². The van der Waals surface area contributed by atoms with E-state index in [1.807, 2.05) is 11.9 Å². The molecule has 2 aliphatic carbocycles. The maximum atomic E-state index is 12.7. The zero-order chi connectivity index (χ0) is 17.8. The number of rotatable bonds is 1. The summed E-state index contributed by atoms with van der Waals surface area (Å²) in [4.78, 5) is 14.7. The van der Waals surface area contributed by atoms with Crippen LogP contribution in [0.4, 0.5) is 0 Å². The number of hydrogen-bond donors (Lipinski definition) is 0. The molecule has 1 saturated heterocycles. The molecule has 1 aromatic carbocycles. The Morgan fingerprint density at radius 2 is 2.41 bits per heavy atom. The summed E-state index contributed by atoms with van der Waals surface area (Å²) < 4.78 is 38.8. The molecular formula is C18H21NO3. The van der Waals surface area contributed by atoms with Crippen LogP contribution in [0.2, 0.25) is 0 Å². The highest BCUT2D eigenvalue weighted by molar-refractivity contribution is 5.89. The van der Waals surface area contributed by atoms with Gasteiger partial charge < -0.3 is 14.4 Å². The van der Waals surface area contributed by atoms with Crippen molar-refractivity contribution in [2.75, 3.05) is 20.7 Å². The second-order valence-corrected chi connectivity index (χ2v) is 6.76. The Bertz CT molecular complexity index is 813. The highest BCUT2D eigenvalue weighted by Crippen LogP contribution is 2.62.